The van der Waals surface area contributed by atoms with Gasteiger partial charge >= 0.3 is 0 Å². The van der Waals surface area contributed by atoms with E-state index in [9.17, 15) is 0 Å². The lowest BCUT2D eigenvalue weighted by molar-refractivity contribution is 0.955. The van der Waals surface area contributed by atoms with Crippen LogP contribution in [0.1, 0.15) is 26.7 Å². The summed E-state index contributed by atoms with van der Waals surface area (Å²) in [5, 5.41) is 0. The summed E-state index contributed by atoms with van der Waals surface area (Å²) in [5.41, 5.74) is 9.28. The van der Waals surface area contributed by atoms with Crippen molar-refractivity contribution in [3.05, 3.63) is 47.2 Å². The van der Waals surface area contributed by atoms with Crippen LogP contribution < -0.4 is 5.73 Å². The van der Waals surface area contributed by atoms with Crippen molar-refractivity contribution in [3.63, 3.8) is 0 Å². The third-order valence-corrected chi connectivity index (χ3v) is 2.16. The maximum atomic E-state index is 5.75. The minimum absolute atomic E-state index is 0.894. The third-order valence-electron chi connectivity index (χ3n) is 2.16. The van der Waals surface area contributed by atoms with Gasteiger partial charge in [-0.25, -0.2) is 0 Å². The highest BCUT2D eigenvalue weighted by Crippen LogP contribution is 2.22. The Morgan fingerprint density at radius 3 is 2.77 bits per heavy atom. The number of rotatable bonds is 2. The molecule has 0 atom stereocenters. The predicted octanol–water partition coefficient (Wildman–Crippen LogP) is 3.07. The molecular formula is C12H17N. The van der Waals surface area contributed by atoms with Gasteiger partial charge in [-0.05, 0) is 43.9 Å². The van der Waals surface area contributed by atoms with Crippen LogP contribution in [0.2, 0.25) is 0 Å². The van der Waals surface area contributed by atoms with Crippen LogP contribution in [0.3, 0.4) is 0 Å². The maximum Gasteiger partial charge on any atom is 0.0276 e. The monoisotopic (exact) mass is 175 g/mol. The minimum Gasteiger partial charge on any atom is -0.399 e. The van der Waals surface area contributed by atoms with E-state index in [1.54, 1.807) is 0 Å². The van der Waals surface area contributed by atoms with E-state index in [2.05, 4.69) is 37.3 Å². The van der Waals surface area contributed by atoms with Crippen molar-refractivity contribution >= 4 is 0 Å². The lowest BCUT2D eigenvalue weighted by Crippen LogP contribution is -2.01. The van der Waals surface area contributed by atoms with E-state index < -0.39 is 0 Å². The molecule has 70 valence electrons. The summed E-state index contributed by atoms with van der Waals surface area (Å²) in [7, 11) is 0. The first-order valence-electron chi connectivity index (χ1n) is 4.73. The van der Waals surface area contributed by atoms with Crippen LogP contribution in [0.25, 0.3) is 0 Å². The van der Waals surface area contributed by atoms with Gasteiger partial charge in [-0.2, -0.15) is 0 Å². The first-order valence-corrected chi connectivity index (χ1v) is 4.73. The van der Waals surface area contributed by atoms with Crippen molar-refractivity contribution in [2.75, 3.05) is 0 Å². The normalized spacial score (nSPS) is 18.8. The van der Waals surface area contributed by atoms with Gasteiger partial charge in [-0.15, -0.1) is 0 Å². The number of nitrogens with two attached hydrogens (primary N) is 1. The lowest BCUT2D eigenvalue weighted by atomic mass is 9.95. The van der Waals surface area contributed by atoms with E-state index in [-0.39, 0.29) is 0 Å². The Balaban J connectivity index is 2.87. The fraction of sp³-hybridized carbons (Fsp3) is 0.333. The topological polar surface area (TPSA) is 26.0 Å². The highest BCUT2D eigenvalue weighted by Gasteiger charge is 2.05. The summed E-state index contributed by atoms with van der Waals surface area (Å²) >= 11 is 0. The Labute approximate surface area is 80.3 Å². The number of hydrogen-bond acceptors (Lipinski definition) is 1. The summed E-state index contributed by atoms with van der Waals surface area (Å²) in [5.74, 6) is 0. The second-order valence-corrected chi connectivity index (χ2v) is 3.16. The molecule has 2 N–H and O–H groups in total. The van der Waals surface area contributed by atoms with Crippen LogP contribution in [0.4, 0.5) is 0 Å². The van der Waals surface area contributed by atoms with Crippen LogP contribution in [0.5, 0.6) is 0 Å². The van der Waals surface area contributed by atoms with Crippen molar-refractivity contribution in [1.82, 2.24) is 0 Å². The molecule has 13 heavy (non-hydrogen) atoms. The SMILES string of the molecule is C/C=C\C(=C/C)C1=CC(N)=CCC1. The molecule has 0 bridgehead atoms. The molecule has 1 nitrogen and oxygen atoms in total. The van der Waals surface area contributed by atoms with E-state index in [1.807, 2.05) is 6.92 Å². The van der Waals surface area contributed by atoms with Crippen molar-refractivity contribution in [3.8, 4) is 0 Å². The molecule has 0 aromatic carbocycles. The zero-order chi connectivity index (χ0) is 9.68. The third kappa shape index (κ3) is 2.62. The molecule has 0 fully saturated rings. The fourth-order valence-electron chi connectivity index (χ4n) is 1.52. The summed E-state index contributed by atoms with van der Waals surface area (Å²) in [6.45, 7) is 4.09. The van der Waals surface area contributed by atoms with Crippen LogP contribution >= 0.6 is 0 Å². The van der Waals surface area contributed by atoms with Crippen molar-refractivity contribution in [1.29, 1.82) is 0 Å². The molecule has 0 aliphatic heterocycles. The second kappa shape index (κ2) is 4.70. The van der Waals surface area contributed by atoms with E-state index in [0.717, 1.165) is 18.5 Å². The molecule has 0 unspecified atom stereocenters. The van der Waals surface area contributed by atoms with Gasteiger partial charge in [0.15, 0.2) is 0 Å². The quantitative estimate of drug-likeness (QED) is 0.641. The largest absolute Gasteiger partial charge is 0.399 e. The molecule has 0 amide bonds. The van der Waals surface area contributed by atoms with E-state index >= 15 is 0 Å². The van der Waals surface area contributed by atoms with Crippen LogP contribution in [0, 0.1) is 0 Å². The lowest BCUT2D eigenvalue weighted by Gasteiger charge is -2.12. The molecule has 1 heteroatoms. The van der Waals surface area contributed by atoms with Gasteiger partial charge in [-0.1, -0.05) is 24.3 Å². The molecule has 0 aromatic heterocycles. The molecule has 0 heterocycles. The van der Waals surface area contributed by atoms with E-state index in [4.69, 9.17) is 5.73 Å². The van der Waals surface area contributed by atoms with Gasteiger partial charge in [0.1, 0.15) is 0 Å². The highest BCUT2D eigenvalue weighted by molar-refractivity contribution is 5.44. The predicted molar refractivity (Wildman–Crippen MR) is 58.2 cm³/mol. The molecular weight excluding hydrogens is 158 g/mol. The first kappa shape index (κ1) is 9.85. The molecule has 0 saturated carbocycles. The molecule has 0 radical (unpaired) electrons. The Bertz CT molecular complexity index is 290. The highest BCUT2D eigenvalue weighted by atomic mass is 14.6. The molecule has 1 aliphatic rings. The zero-order valence-electron chi connectivity index (χ0n) is 8.38. The van der Waals surface area contributed by atoms with Gasteiger partial charge in [0.05, 0.1) is 0 Å². The maximum absolute atomic E-state index is 5.75. The standard InChI is InChI=1S/C12H17N/c1-3-6-10(4-2)11-7-5-8-12(13)9-11/h3-4,6,8-9H,5,7,13H2,1-2H3/b6-3-,10-4+. The summed E-state index contributed by atoms with van der Waals surface area (Å²) in [6, 6.07) is 0. The molecule has 1 rings (SSSR count). The van der Waals surface area contributed by atoms with Gasteiger partial charge < -0.3 is 5.73 Å². The van der Waals surface area contributed by atoms with E-state index in [1.165, 1.54) is 11.1 Å². The Morgan fingerprint density at radius 1 is 1.46 bits per heavy atom. The second-order valence-electron chi connectivity index (χ2n) is 3.16. The van der Waals surface area contributed by atoms with Crippen molar-refractivity contribution in [2.24, 2.45) is 5.73 Å². The molecule has 0 aromatic rings. The Hall–Kier alpha value is -1.24. The average Bonchev–Trinajstić information content (AvgIpc) is 2.14. The van der Waals surface area contributed by atoms with Gasteiger partial charge in [0, 0.05) is 5.70 Å². The first-order chi connectivity index (χ1) is 6.27. The Morgan fingerprint density at radius 2 is 2.23 bits per heavy atom. The van der Waals surface area contributed by atoms with Gasteiger partial charge in [-0.3, -0.25) is 0 Å². The minimum atomic E-state index is 0.894. The van der Waals surface area contributed by atoms with Gasteiger partial charge in [0.25, 0.3) is 0 Å². The van der Waals surface area contributed by atoms with Crippen LogP contribution in [0.15, 0.2) is 47.2 Å². The smallest absolute Gasteiger partial charge is 0.0276 e. The van der Waals surface area contributed by atoms with Crippen LogP contribution in [-0.4, -0.2) is 0 Å². The van der Waals surface area contributed by atoms with E-state index in [0.29, 0.717) is 0 Å². The Kier molecular flexibility index (Phi) is 3.56. The fourth-order valence-corrected chi connectivity index (χ4v) is 1.52. The van der Waals surface area contributed by atoms with Gasteiger partial charge in [0.2, 0.25) is 0 Å². The van der Waals surface area contributed by atoms with Crippen molar-refractivity contribution in [2.45, 2.75) is 26.7 Å². The molecule has 0 spiro atoms. The molecule has 0 saturated heterocycles. The average molecular weight is 175 g/mol. The van der Waals surface area contributed by atoms with Crippen molar-refractivity contribution < 1.29 is 0 Å². The van der Waals surface area contributed by atoms with Crippen LogP contribution in [-0.2, 0) is 0 Å². The summed E-state index contributed by atoms with van der Waals surface area (Å²) < 4.78 is 0. The number of hydrogen-bond donors (Lipinski definition) is 1. The summed E-state index contributed by atoms with van der Waals surface area (Å²) in [4.78, 5) is 0. The zero-order valence-corrected chi connectivity index (χ0v) is 8.38. The molecule has 1 aliphatic carbocycles. The number of allylic oxidation sites excluding steroid dienone is 7. The summed E-state index contributed by atoms with van der Waals surface area (Å²) in [6.07, 6.45) is 12.6.